The van der Waals surface area contributed by atoms with Crippen LogP contribution < -0.4 is 14.8 Å². The van der Waals surface area contributed by atoms with Gasteiger partial charge in [0, 0.05) is 12.1 Å². The second kappa shape index (κ2) is 9.92. The molecular formula is C21H26N2O3S. The zero-order valence-corrected chi connectivity index (χ0v) is 17.3. The second-order valence-electron chi connectivity index (χ2n) is 6.12. The average Bonchev–Trinajstić information content (AvgIpc) is 2.68. The number of nitrogens with one attached hydrogen (secondary N) is 1. The van der Waals surface area contributed by atoms with E-state index in [0.717, 1.165) is 17.5 Å². The van der Waals surface area contributed by atoms with Crippen LogP contribution in [0.2, 0.25) is 0 Å². The van der Waals surface area contributed by atoms with Crippen LogP contribution in [0.1, 0.15) is 22.3 Å². The first-order valence-corrected chi connectivity index (χ1v) is 9.08. The molecule has 6 heteroatoms. The Balaban J connectivity index is 2.04. The molecule has 0 fully saturated rings. The monoisotopic (exact) mass is 386 g/mol. The van der Waals surface area contributed by atoms with Gasteiger partial charge in [-0.3, -0.25) is 0 Å². The van der Waals surface area contributed by atoms with Crippen molar-refractivity contribution in [3.05, 3.63) is 58.7 Å². The molecule has 0 aliphatic rings. The van der Waals surface area contributed by atoms with Crippen molar-refractivity contribution in [3.8, 4) is 11.5 Å². The number of hydrogen-bond donors (Lipinski definition) is 1. The fourth-order valence-corrected chi connectivity index (χ4v) is 2.90. The van der Waals surface area contributed by atoms with E-state index in [9.17, 15) is 0 Å². The highest BCUT2D eigenvalue weighted by atomic mass is 32.1. The van der Waals surface area contributed by atoms with E-state index in [0.29, 0.717) is 28.7 Å². The molecule has 2 aromatic rings. The molecule has 0 amide bonds. The van der Waals surface area contributed by atoms with E-state index >= 15 is 0 Å². The Labute approximate surface area is 166 Å². The predicted molar refractivity (Wildman–Crippen MR) is 113 cm³/mol. The standard InChI is InChI=1S/C21H26N2O3S/c1-14-6-8-17(12-15(14)2)20(23-26-5)21(27)22-11-10-16-7-9-18(24-3)19(13-16)25-4/h6-9,12-13H,10-11H2,1-5H3,(H,22,27). The largest absolute Gasteiger partial charge is 0.493 e. The van der Waals surface area contributed by atoms with Gasteiger partial charge in [-0.15, -0.1) is 0 Å². The van der Waals surface area contributed by atoms with Crippen molar-refractivity contribution >= 4 is 22.9 Å². The smallest absolute Gasteiger partial charge is 0.160 e. The van der Waals surface area contributed by atoms with Crippen molar-refractivity contribution in [1.29, 1.82) is 0 Å². The van der Waals surface area contributed by atoms with Crippen molar-refractivity contribution < 1.29 is 14.3 Å². The van der Waals surface area contributed by atoms with Gasteiger partial charge < -0.3 is 19.6 Å². The number of benzene rings is 2. The number of aryl methyl sites for hydroxylation is 2. The molecule has 0 radical (unpaired) electrons. The Morgan fingerprint density at radius 2 is 1.70 bits per heavy atom. The Kier molecular flexibility index (Phi) is 7.61. The van der Waals surface area contributed by atoms with Crippen molar-refractivity contribution in [2.24, 2.45) is 5.16 Å². The van der Waals surface area contributed by atoms with Gasteiger partial charge in [-0.2, -0.15) is 0 Å². The Bertz CT molecular complexity index is 834. The summed E-state index contributed by atoms with van der Waals surface area (Å²) in [5.74, 6) is 1.43. The number of oxime groups is 1. The molecule has 0 aliphatic carbocycles. The van der Waals surface area contributed by atoms with E-state index in [1.54, 1.807) is 14.2 Å². The van der Waals surface area contributed by atoms with Crippen LogP contribution in [-0.4, -0.2) is 38.6 Å². The quantitative estimate of drug-likeness (QED) is 0.424. The first kappa shape index (κ1) is 20.7. The molecule has 5 nitrogen and oxygen atoms in total. The van der Waals surface area contributed by atoms with Crippen LogP contribution in [0.3, 0.4) is 0 Å². The zero-order chi connectivity index (χ0) is 19.8. The van der Waals surface area contributed by atoms with Crippen LogP contribution in [0, 0.1) is 13.8 Å². The number of rotatable bonds is 8. The molecule has 0 spiro atoms. The lowest BCUT2D eigenvalue weighted by molar-refractivity contribution is 0.214. The van der Waals surface area contributed by atoms with E-state index in [2.05, 4.69) is 36.5 Å². The maximum atomic E-state index is 5.54. The molecular weight excluding hydrogens is 360 g/mol. The SMILES string of the molecule is CON=C(C(=S)NCCc1ccc(OC)c(OC)c1)c1ccc(C)c(C)c1. The molecule has 0 bridgehead atoms. The molecule has 0 heterocycles. The molecule has 0 saturated heterocycles. The summed E-state index contributed by atoms with van der Waals surface area (Å²) in [6, 6.07) is 12.0. The van der Waals surface area contributed by atoms with Crippen LogP contribution in [0.4, 0.5) is 0 Å². The topological polar surface area (TPSA) is 52.1 Å². The number of hydrogen-bond acceptors (Lipinski definition) is 5. The van der Waals surface area contributed by atoms with E-state index in [1.165, 1.54) is 18.2 Å². The molecule has 0 unspecified atom stereocenters. The van der Waals surface area contributed by atoms with Gasteiger partial charge in [0.15, 0.2) is 11.5 Å². The van der Waals surface area contributed by atoms with Crippen molar-refractivity contribution in [2.45, 2.75) is 20.3 Å². The van der Waals surface area contributed by atoms with Gasteiger partial charge in [0.05, 0.1) is 14.2 Å². The summed E-state index contributed by atoms with van der Waals surface area (Å²) in [5.41, 5.74) is 5.10. The molecule has 0 atom stereocenters. The zero-order valence-electron chi connectivity index (χ0n) is 16.5. The summed E-state index contributed by atoms with van der Waals surface area (Å²) in [4.78, 5) is 5.56. The predicted octanol–water partition coefficient (Wildman–Crippen LogP) is 3.83. The van der Waals surface area contributed by atoms with Gasteiger partial charge >= 0.3 is 0 Å². The van der Waals surface area contributed by atoms with Gasteiger partial charge in [0.1, 0.15) is 17.8 Å². The lowest BCUT2D eigenvalue weighted by Crippen LogP contribution is -2.31. The van der Waals surface area contributed by atoms with Gasteiger partial charge in [-0.1, -0.05) is 35.6 Å². The fourth-order valence-electron chi connectivity index (χ4n) is 2.65. The third-order valence-electron chi connectivity index (χ3n) is 4.33. The first-order chi connectivity index (χ1) is 13.0. The van der Waals surface area contributed by atoms with Crippen LogP contribution in [0.5, 0.6) is 11.5 Å². The van der Waals surface area contributed by atoms with Gasteiger partial charge in [-0.25, -0.2) is 0 Å². The third kappa shape index (κ3) is 5.44. The van der Waals surface area contributed by atoms with E-state index < -0.39 is 0 Å². The lowest BCUT2D eigenvalue weighted by Gasteiger charge is -2.13. The normalized spacial score (nSPS) is 11.1. The summed E-state index contributed by atoms with van der Waals surface area (Å²) >= 11 is 5.54. The number of ether oxygens (including phenoxy) is 2. The molecule has 0 saturated carbocycles. The lowest BCUT2D eigenvalue weighted by atomic mass is 10.0. The Morgan fingerprint density at radius 3 is 2.33 bits per heavy atom. The molecule has 1 N–H and O–H groups in total. The Morgan fingerprint density at radius 1 is 0.963 bits per heavy atom. The van der Waals surface area contributed by atoms with Crippen molar-refractivity contribution in [3.63, 3.8) is 0 Å². The minimum Gasteiger partial charge on any atom is -0.493 e. The van der Waals surface area contributed by atoms with E-state index in [1.807, 2.05) is 24.3 Å². The highest BCUT2D eigenvalue weighted by Gasteiger charge is 2.12. The fraction of sp³-hybridized carbons (Fsp3) is 0.333. The van der Waals surface area contributed by atoms with Crippen molar-refractivity contribution in [1.82, 2.24) is 5.32 Å². The number of nitrogens with zero attached hydrogens (tertiary/aromatic N) is 1. The summed E-state index contributed by atoms with van der Waals surface area (Å²) in [6.07, 6.45) is 0.785. The first-order valence-electron chi connectivity index (χ1n) is 8.68. The summed E-state index contributed by atoms with van der Waals surface area (Å²) in [6.45, 7) is 4.81. The van der Waals surface area contributed by atoms with Crippen LogP contribution >= 0.6 is 12.2 Å². The molecule has 2 aromatic carbocycles. The minimum absolute atomic E-state index is 0.556. The maximum absolute atomic E-state index is 5.54. The van der Waals surface area contributed by atoms with Gasteiger partial charge in [-0.05, 0) is 55.2 Å². The molecule has 27 heavy (non-hydrogen) atoms. The van der Waals surface area contributed by atoms with E-state index in [-0.39, 0.29) is 0 Å². The molecule has 0 aromatic heterocycles. The second-order valence-corrected chi connectivity index (χ2v) is 6.52. The van der Waals surface area contributed by atoms with Crippen molar-refractivity contribution in [2.75, 3.05) is 27.9 Å². The average molecular weight is 387 g/mol. The number of thiocarbonyl (C=S) groups is 1. The highest BCUT2D eigenvalue weighted by molar-refractivity contribution is 7.82. The Hall–Kier alpha value is -2.60. The van der Waals surface area contributed by atoms with Crippen LogP contribution in [0.15, 0.2) is 41.6 Å². The summed E-state index contributed by atoms with van der Waals surface area (Å²) in [5, 5.41) is 7.38. The summed E-state index contributed by atoms with van der Waals surface area (Å²) < 4.78 is 10.6. The number of methoxy groups -OCH3 is 2. The molecule has 2 rings (SSSR count). The third-order valence-corrected chi connectivity index (χ3v) is 4.66. The maximum Gasteiger partial charge on any atom is 0.160 e. The molecule has 144 valence electrons. The molecule has 0 aliphatic heterocycles. The van der Waals surface area contributed by atoms with Crippen LogP contribution in [-0.2, 0) is 11.3 Å². The highest BCUT2D eigenvalue weighted by Crippen LogP contribution is 2.27. The van der Waals surface area contributed by atoms with Crippen LogP contribution in [0.25, 0.3) is 0 Å². The van der Waals surface area contributed by atoms with Gasteiger partial charge in [0.2, 0.25) is 0 Å². The van der Waals surface area contributed by atoms with Gasteiger partial charge in [0.25, 0.3) is 0 Å². The summed E-state index contributed by atoms with van der Waals surface area (Å²) in [7, 11) is 4.78. The minimum atomic E-state index is 0.556. The van der Waals surface area contributed by atoms with E-state index in [4.69, 9.17) is 26.5 Å².